The molecule has 10 heteroatoms. The van der Waals surface area contributed by atoms with Crippen LogP contribution in [0.5, 0.6) is 5.75 Å². The van der Waals surface area contributed by atoms with Crippen molar-refractivity contribution in [3.05, 3.63) is 129 Å². The number of nitrogens with zero attached hydrogens (tertiary/aromatic N) is 1. The van der Waals surface area contributed by atoms with Crippen molar-refractivity contribution in [1.29, 1.82) is 0 Å². The Labute approximate surface area is 237 Å². The molecule has 4 aromatic carbocycles. The summed E-state index contributed by atoms with van der Waals surface area (Å²) in [5.41, 5.74) is 1.51. The third kappa shape index (κ3) is 5.36. The first-order chi connectivity index (χ1) is 19.2. The number of rotatable bonds is 7. The molecule has 0 saturated carbocycles. The van der Waals surface area contributed by atoms with Crippen LogP contribution in [0.15, 0.2) is 91.0 Å². The van der Waals surface area contributed by atoms with E-state index in [1.807, 2.05) is 0 Å². The molecule has 0 aromatic heterocycles. The van der Waals surface area contributed by atoms with Crippen LogP contribution in [0.4, 0.5) is 5.69 Å². The Kier molecular flexibility index (Phi) is 7.46. The van der Waals surface area contributed by atoms with E-state index >= 15 is 0 Å². The van der Waals surface area contributed by atoms with E-state index < -0.39 is 36.1 Å². The van der Waals surface area contributed by atoms with Crippen LogP contribution in [-0.2, 0) is 4.74 Å². The van der Waals surface area contributed by atoms with Crippen LogP contribution in [-0.4, -0.2) is 36.1 Å². The molecule has 8 nitrogen and oxygen atoms in total. The molecule has 0 spiro atoms. The summed E-state index contributed by atoms with van der Waals surface area (Å²) in [5.74, 6) is -2.58. The first-order valence-electron chi connectivity index (χ1n) is 11.8. The molecule has 0 radical (unpaired) electrons. The van der Waals surface area contributed by atoms with Crippen molar-refractivity contribution >= 4 is 58.4 Å². The van der Waals surface area contributed by atoms with E-state index in [4.69, 9.17) is 32.7 Å². The van der Waals surface area contributed by atoms with Crippen molar-refractivity contribution in [2.45, 2.75) is 0 Å². The highest BCUT2D eigenvalue weighted by Crippen LogP contribution is 2.28. The number of esters is 2. The average molecular weight is 574 g/mol. The largest absolute Gasteiger partial charge is 0.454 e. The lowest BCUT2D eigenvalue weighted by Gasteiger charge is -2.14. The summed E-state index contributed by atoms with van der Waals surface area (Å²) in [6, 6.07) is 22.3. The molecule has 0 atom stereocenters. The number of amides is 2. The van der Waals surface area contributed by atoms with Gasteiger partial charge in [-0.15, -0.1) is 0 Å². The molecule has 0 aliphatic carbocycles. The Bertz CT molecular complexity index is 1650. The molecule has 1 heterocycles. The lowest BCUT2D eigenvalue weighted by Crippen LogP contribution is -2.29. The van der Waals surface area contributed by atoms with Gasteiger partial charge in [0, 0.05) is 5.56 Å². The minimum absolute atomic E-state index is 0.137. The van der Waals surface area contributed by atoms with E-state index in [0.717, 1.165) is 4.90 Å². The predicted octanol–water partition coefficient (Wildman–Crippen LogP) is 6.05. The van der Waals surface area contributed by atoms with Gasteiger partial charge < -0.3 is 9.47 Å². The number of hydrogen-bond donors (Lipinski definition) is 0. The van der Waals surface area contributed by atoms with Gasteiger partial charge in [-0.1, -0.05) is 35.3 Å². The molecule has 1 aliphatic rings. The van der Waals surface area contributed by atoms with Gasteiger partial charge in [-0.3, -0.25) is 14.4 Å². The molecule has 0 saturated heterocycles. The molecule has 40 heavy (non-hydrogen) atoms. The van der Waals surface area contributed by atoms with E-state index in [1.54, 1.807) is 24.3 Å². The monoisotopic (exact) mass is 573 g/mol. The highest BCUT2D eigenvalue weighted by Gasteiger charge is 2.36. The molecule has 0 N–H and O–H groups in total. The number of halogens is 2. The number of carbonyl (C=O) groups is 5. The number of anilines is 1. The molecule has 198 valence electrons. The molecular formula is C30H17Cl2NO7. The van der Waals surface area contributed by atoms with Crippen LogP contribution in [0.1, 0.15) is 51.8 Å². The second-order valence-corrected chi connectivity index (χ2v) is 9.39. The smallest absolute Gasteiger partial charge is 0.343 e. The number of benzene rings is 4. The lowest BCUT2D eigenvalue weighted by molar-refractivity contribution is 0.0474. The van der Waals surface area contributed by atoms with Crippen LogP contribution >= 0.6 is 23.2 Å². The Hall–Kier alpha value is -4.79. The highest BCUT2D eigenvalue weighted by atomic mass is 35.5. The second kappa shape index (κ2) is 11.1. The topological polar surface area (TPSA) is 107 Å². The van der Waals surface area contributed by atoms with Crippen molar-refractivity contribution in [2.24, 2.45) is 0 Å². The van der Waals surface area contributed by atoms with Gasteiger partial charge in [0.05, 0.1) is 38.0 Å². The average Bonchev–Trinajstić information content (AvgIpc) is 3.23. The molecule has 4 aromatic rings. The van der Waals surface area contributed by atoms with Gasteiger partial charge in [0.1, 0.15) is 5.75 Å². The fourth-order valence-electron chi connectivity index (χ4n) is 3.97. The summed E-state index contributed by atoms with van der Waals surface area (Å²) in [7, 11) is 0. The van der Waals surface area contributed by atoms with Gasteiger partial charge >= 0.3 is 11.9 Å². The van der Waals surface area contributed by atoms with Crippen molar-refractivity contribution in [1.82, 2.24) is 0 Å². The molecule has 1 aliphatic heterocycles. The van der Waals surface area contributed by atoms with Crippen molar-refractivity contribution in [3.8, 4) is 5.75 Å². The maximum Gasteiger partial charge on any atom is 0.343 e. The Balaban J connectivity index is 1.16. The normalized spacial score (nSPS) is 12.2. The van der Waals surface area contributed by atoms with E-state index in [2.05, 4.69) is 0 Å². The van der Waals surface area contributed by atoms with Gasteiger partial charge in [-0.2, -0.15) is 0 Å². The number of ether oxygens (including phenoxy) is 2. The molecule has 5 rings (SSSR count). The highest BCUT2D eigenvalue weighted by molar-refractivity contribution is 6.42. The minimum atomic E-state index is -0.755. The number of imide groups is 1. The van der Waals surface area contributed by atoms with Gasteiger partial charge in [0.15, 0.2) is 12.4 Å². The van der Waals surface area contributed by atoms with Gasteiger partial charge in [-0.25, -0.2) is 14.5 Å². The molecule has 0 bridgehead atoms. The number of hydrogen-bond acceptors (Lipinski definition) is 7. The minimum Gasteiger partial charge on any atom is -0.454 e. The Morgan fingerprint density at radius 3 is 1.82 bits per heavy atom. The SMILES string of the molecule is O=C(COC(=O)c1ccc(N2C(=O)c3ccccc3C2=O)cc1)c1ccc(OC(=O)c2ccc(Cl)c(Cl)c2)cc1. The number of Topliss-reactive ketones (excluding diaryl/α,β-unsaturated/α-hetero) is 1. The summed E-state index contributed by atoms with van der Waals surface area (Å²) in [4.78, 5) is 63.6. The molecule has 2 amide bonds. The van der Waals surface area contributed by atoms with E-state index in [-0.39, 0.29) is 27.5 Å². The fraction of sp³-hybridized carbons (Fsp3) is 0.0333. The zero-order valence-electron chi connectivity index (χ0n) is 20.4. The van der Waals surface area contributed by atoms with E-state index in [1.165, 1.54) is 66.7 Å². The van der Waals surface area contributed by atoms with Crippen molar-refractivity contribution in [2.75, 3.05) is 11.5 Å². The van der Waals surface area contributed by atoms with Crippen LogP contribution in [0.2, 0.25) is 10.0 Å². The summed E-state index contributed by atoms with van der Waals surface area (Å²) < 4.78 is 10.4. The van der Waals surface area contributed by atoms with E-state index in [9.17, 15) is 24.0 Å². The summed E-state index contributed by atoms with van der Waals surface area (Å²) >= 11 is 11.8. The van der Waals surface area contributed by atoms with Crippen LogP contribution in [0.25, 0.3) is 0 Å². The van der Waals surface area contributed by atoms with Crippen molar-refractivity contribution < 1.29 is 33.4 Å². The van der Waals surface area contributed by atoms with Gasteiger partial charge in [-0.05, 0) is 78.9 Å². The summed E-state index contributed by atoms with van der Waals surface area (Å²) in [5, 5.41) is 0.519. The third-order valence-electron chi connectivity index (χ3n) is 6.03. The summed E-state index contributed by atoms with van der Waals surface area (Å²) in [6.07, 6.45) is 0. The first-order valence-corrected chi connectivity index (χ1v) is 12.5. The number of ketones is 1. The zero-order chi connectivity index (χ0) is 28.4. The summed E-state index contributed by atoms with van der Waals surface area (Å²) in [6.45, 7) is -0.526. The predicted molar refractivity (Wildman–Crippen MR) is 146 cm³/mol. The van der Waals surface area contributed by atoms with Crippen LogP contribution in [0, 0.1) is 0 Å². The maximum atomic E-state index is 12.6. The number of carbonyl (C=O) groups excluding carboxylic acids is 5. The van der Waals surface area contributed by atoms with E-state index in [0.29, 0.717) is 21.8 Å². The molecule has 0 unspecified atom stereocenters. The molecular weight excluding hydrogens is 557 g/mol. The number of fused-ring (bicyclic) bond motifs is 1. The maximum absolute atomic E-state index is 12.6. The van der Waals surface area contributed by atoms with Gasteiger partial charge in [0.25, 0.3) is 11.8 Å². The van der Waals surface area contributed by atoms with Crippen LogP contribution in [0.3, 0.4) is 0 Å². The van der Waals surface area contributed by atoms with Crippen LogP contribution < -0.4 is 9.64 Å². The Morgan fingerprint density at radius 1 is 0.650 bits per heavy atom. The lowest BCUT2D eigenvalue weighted by atomic mass is 10.1. The standard InChI is InChI=1S/C30H17Cl2NO7/c31-24-14-9-19(15-25(24)32)30(38)40-21-12-7-17(8-13-21)26(34)16-39-29(37)18-5-10-20(11-6-18)33-27(35)22-3-1-2-4-23(22)28(33)36/h1-15H,16H2. The fourth-order valence-corrected chi connectivity index (χ4v) is 4.26. The quantitative estimate of drug-likeness (QED) is 0.114. The zero-order valence-corrected chi connectivity index (χ0v) is 21.9. The Morgan fingerprint density at radius 2 is 1.23 bits per heavy atom. The van der Waals surface area contributed by atoms with Gasteiger partial charge in [0.2, 0.25) is 0 Å². The molecule has 0 fully saturated rings. The first kappa shape index (κ1) is 26.8. The second-order valence-electron chi connectivity index (χ2n) is 8.58. The van der Waals surface area contributed by atoms with Crippen molar-refractivity contribution in [3.63, 3.8) is 0 Å². The third-order valence-corrected chi connectivity index (χ3v) is 6.77.